The Hall–Kier alpha value is -3.68. The molecule has 0 atom stereocenters. The van der Waals surface area contributed by atoms with Gasteiger partial charge in [0.15, 0.2) is 0 Å². The van der Waals surface area contributed by atoms with E-state index in [-0.39, 0.29) is 28.9 Å². The Balaban J connectivity index is 1.87. The lowest BCUT2D eigenvalue weighted by atomic mass is 10.1. The minimum atomic E-state index is -1.26. The number of aromatic nitrogens is 3. The van der Waals surface area contributed by atoms with E-state index in [1.165, 1.54) is 29.1 Å². The molecule has 140 valence electrons. The number of carboxylic acids is 1. The Kier molecular flexibility index (Phi) is 4.31. The summed E-state index contributed by atoms with van der Waals surface area (Å²) in [6, 6.07) is 10.3. The van der Waals surface area contributed by atoms with Gasteiger partial charge >= 0.3 is 5.97 Å². The van der Waals surface area contributed by atoms with Crippen molar-refractivity contribution in [3.63, 3.8) is 0 Å². The van der Waals surface area contributed by atoms with E-state index in [2.05, 4.69) is 10.1 Å². The van der Waals surface area contributed by atoms with Gasteiger partial charge in [-0.05, 0) is 42.5 Å². The van der Waals surface area contributed by atoms with Crippen molar-refractivity contribution in [2.45, 2.75) is 6.54 Å². The molecular formula is C20H12F3N3O2. The normalized spacial score (nSPS) is 11.1. The molecule has 0 aliphatic rings. The smallest absolute Gasteiger partial charge is 0.335 e. The molecule has 0 aliphatic carbocycles. The molecule has 8 heteroatoms. The van der Waals surface area contributed by atoms with Crippen molar-refractivity contribution in [1.82, 2.24) is 14.8 Å². The van der Waals surface area contributed by atoms with Gasteiger partial charge in [-0.3, -0.25) is 9.67 Å². The van der Waals surface area contributed by atoms with Gasteiger partial charge in [0.1, 0.15) is 28.7 Å². The van der Waals surface area contributed by atoms with Crippen LogP contribution in [0.4, 0.5) is 13.2 Å². The standard InChI is InChI=1S/C20H12F3N3O2/c21-14-3-1-4-15(22)13(14)10-26-17-5-2-8-24-19(17)18(25-26)12-7-6-11(20(27)28)9-16(12)23/h1-9H,10H2,(H,27,28). The Morgan fingerprint density at radius 2 is 1.75 bits per heavy atom. The first-order valence-corrected chi connectivity index (χ1v) is 8.23. The average molecular weight is 383 g/mol. The summed E-state index contributed by atoms with van der Waals surface area (Å²) in [5, 5.41) is 13.3. The topological polar surface area (TPSA) is 68.0 Å². The van der Waals surface area contributed by atoms with Crippen molar-refractivity contribution >= 4 is 17.0 Å². The fourth-order valence-electron chi connectivity index (χ4n) is 2.98. The minimum Gasteiger partial charge on any atom is -0.478 e. The van der Waals surface area contributed by atoms with E-state index < -0.39 is 23.4 Å². The predicted molar refractivity (Wildman–Crippen MR) is 95.3 cm³/mol. The second kappa shape index (κ2) is 6.80. The number of nitrogens with zero attached hydrogens (tertiary/aromatic N) is 3. The van der Waals surface area contributed by atoms with E-state index in [1.54, 1.807) is 12.1 Å². The number of hydrogen-bond acceptors (Lipinski definition) is 3. The average Bonchev–Trinajstić information content (AvgIpc) is 3.03. The second-order valence-electron chi connectivity index (χ2n) is 6.08. The fraction of sp³-hybridized carbons (Fsp3) is 0.0500. The molecule has 0 radical (unpaired) electrons. The van der Waals surface area contributed by atoms with Crippen molar-refractivity contribution in [3.8, 4) is 11.3 Å². The SMILES string of the molecule is O=C(O)c1ccc(-c2nn(Cc3c(F)cccc3F)c3cccnc23)c(F)c1. The monoisotopic (exact) mass is 383 g/mol. The molecule has 0 aliphatic heterocycles. The van der Waals surface area contributed by atoms with Gasteiger partial charge in [-0.25, -0.2) is 18.0 Å². The first-order valence-electron chi connectivity index (χ1n) is 8.23. The number of halogens is 3. The number of fused-ring (bicyclic) bond motifs is 1. The lowest BCUT2D eigenvalue weighted by Crippen LogP contribution is -2.06. The molecule has 5 nitrogen and oxygen atoms in total. The zero-order valence-electron chi connectivity index (χ0n) is 14.2. The predicted octanol–water partition coefficient (Wildman–Crippen LogP) is 4.26. The molecule has 0 amide bonds. The van der Waals surface area contributed by atoms with Crippen LogP contribution in [0.5, 0.6) is 0 Å². The summed E-state index contributed by atoms with van der Waals surface area (Å²) in [5.74, 6) is -3.47. The van der Waals surface area contributed by atoms with Gasteiger partial charge in [0.25, 0.3) is 0 Å². The van der Waals surface area contributed by atoms with Crippen molar-refractivity contribution < 1.29 is 23.1 Å². The molecule has 1 N–H and O–H groups in total. The van der Waals surface area contributed by atoms with Crippen molar-refractivity contribution in [2.24, 2.45) is 0 Å². The van der Waals surface area contributed by atoms with E-state index >= 15 is 0 Å². The van der Waals surface area contributed by atoms with E-state index in [0.29, 0.717) is 11.0 Å². The van der Waals surface area contributed by atoms with Gasteiger partial charge in [0.05, 0.1) is 17.6 Å². The number of pyridine rings is 1. The van der Waals surface area contributed by atoms with Crippen LogP contribution in [0.2, 0.25) is 0 Å². The molecular weight excluding hydrogens is 371 g/mol. The van der Waals surface area contributed by atoms with Gasteiger partial charge in [0, 0.05) is 17.3 Å². The number of carbonyl (C=O) groups is 1. The van der Waals surface area contributed by atoms with Crippen LogP contribution in [-0.4, -0.2) is 25.8 Å². The lowest BCUT2D eigenvalue weighted by Gasteiger charge is -2.06. The maximum atomic E-state index is 14.5. The molecule has 0 spiro atoms. The first-order chi connectivity index (χ1) is 13.5. The molecule has 0 saturated heterocycles. The lowest BCUT2D eigenvalue weighted by molar-refractivity contribution is 0.0696. The minimum absolute atomic E-state index is 0.0430. The summed E-state index contributed by atoms with van der Waals surface area (Å²) in [5.41, 5.74) is 0.613. The maximum absolute atomic E-state index is 14.5. The zero-order chi connectivity index (χ0) is 19.8. The van der Waals surface area contributed by atoms with Crippen LogP contribution in [0.15, 0.2) is 54.7 Å². The molecule has 0 unspecified atom stereocenters. The van der Waals surface area contributed by atoms with E-state index in [1.807, 2.05) is 0 Å². The number of aromatic carboxylic acids is 1. The third-order valence-electron chi connectivity index (χ3n) is 4.35. The highest BCUT2D eigenvalue weighted by atomic mass is 19.1. The molecule has 4 rings (SSSR count). The fourth-order valence-corrected chi connectivity index (χ4v) is 2.98. The quantitative estimate of drug-likeness (QED) is 0.572. The molecule has 0 bridgehead atoms. The van der Waals surface area contributed by atoms with Gasteiger partial charge < -0.3 is 5.11 Å². The molecule has 28 heavy (non-hydrogen) atoms. The van der Waals surface area contributed by atoms with Gasteiger partial charge in [-0.15, -0.1) is 0 Å². The summed E-state index contributed by atoms with van der Waals surface area (Å²) in [6.07, 6.45) is 1.49. The largest absolute Gasteiger partial charge is 0.478 e. The van der Waals surface area contributed by atoms with Crippen LogP contribution in [0, 0.1) is 17.5 Å². The van der Waals surface area contributed by atoms with Gasteiger partial charge in [-0.1, -0.05) is 6.07 Å². The van der Waals surface area contributed by atoms with Gasteiger partial charge in [-0.2, -0.15) is 5.10 Å². The van der Waals surface area contributed by atoms with E-state index in [4.69, 9.17) is 5.11 Å². The van der Waals surface area contributed by atoms with Crippen LogP contribution in [0.1, 0.15) is 15.9 Å². The Morgan fingerprint density at radius 3 is 2.43 bits per heavy atom. The summed E-state index contributed by atoms with van der Waals surface area (Å²) in [7, 11) is 0. The molecule has 0 saturated carbocycles. The third kappa shape index (κ3) is 2.98. The van der Waals surface area contributed by atoms with Crippen LogP contribution >= 0.6 is 0 Å². The van der Waals surface area contributed by atoms with Gasteiger partial charge in [0.2, 0.25) is 0 Å². The van der Waals surface area contributed by atoms with Crippen LogP contribution in [0.25, 0.3) is 22.3 Å². The van der Waals surface area contributed by atoms with E-state index in [9.17, 15) is 18.0 Å². The highest BCUT2D eigenvalue weighted by Gasteiger charge is 2.19. The Morgan fingerprint density at radius 1 is 1.00 bits per heavy atom. The Labute approximate surface area is 156 Å². The first kappa shape index (κ1) is 17.7. The molecule has 2 aromatic carbocycles. The Bertz CT molecular complexity index is 1200. The van der Waals surface area contributed by atoms with E-state index in [0.717, 1.165) is 18.2 Å². The summed E-state index contributed by atoms with van der Waals surface area (Å²) < 4.78 is 43.9. The van der Waals surface area contributed by atoms with Crippen molar-refractivity contribution in [1.29, 1.82) is 0 Å². The third-order valence-corrected chi connectivity index (χ3v) is 4.35. The molecule has 0 fully saturated rings. The zero-order valence-corrected chi connectivity index (χ0v) is 14.2. The highest BCUT2D eigenvalue weighted by molar-refractivity contribution is 5.92. The number of rotatable bonds is 4. The number of hydrogen-bond donors (Lipinski definition) is 1. The maximum Gasteiger partial charge on any atom is 0.335 e. The van der Waals surface area contributed by atoms with Crippen LogP contribution in [0.3, 0.4) is 0 Å². The molecule has 4 aromatic rings. The molecule has 2 heterocycles. The summed E-state index contributed by atoms with van der Waals surface area (Å²) in [6.45, 7) is -0.213. The summed E-state index contributed by atoms with van der Waals surface area (Å²) in [4.78, 5) is 15.2. The van der Waals surface area contributed by atoms with Crippen LogP contribution < -0.4 is 0 Å². The summed E-state index contributed by atoms with van der Waals surface area (Å²) >= 11 is 0. The second-order valence-corrected chi connectivity index (χ2v) is 6.08. The number of benzene rings is 2. The van der Waals surface area contributed by atoms with Crippen molar-refractivity contribution in [2.75, 3.05) is 0 Å². The van der Waals surface area contributed by atoms with Crippen LogP contribution in [-0.2, 0) is 6.54 Å². The van der Waals surface area contributed by atoms with Crippen molar-refractivity contribution in [3.05, 3.63) is 83.3 Å². The molecule has 2 aromatic heterocycles. The number of carboxylic acid groups (broad SMARTS) is 1. The highest BCUT2D eigenvalue weighted by Crippen LogP contribution is 2.29.